The maximum Gasteiger partial charge on any atom is 0.437 e. The molecule has 1 aromatic rings. The van der Waals surface area contributed by atoms with Crippen LogP contribution in [0.1, 0.15) is 41.5 Å². The monoisotopic (exact) mass is 506 g/mol. The largest absolute Gasteiger partial charge is 0.444 e. The van der Waals surface area contributed by atoms with Crippen LogP contribution in [-0.2, 0) is 9.47 Å². The Hall–Kier alpha value is -2.44. The lowest BCUT2D eigenvalue weighted by molar-refractivity contribution is -0.384. The Labute approximate surface area is 176 Å². The van der Waals surface area contributed by atoms with Gasteiger partial charge in [0.15, 0.2) is 0 Å². The third kappa shape index (κ3) is 9.48. The predicted octanol–water partition coefficient (Wildman–Crippen LogP) is 4.43. The fraction of sp³-hybridized carbons (Fsp3) is 0.471. The molecule has 0 saturated carbocycles. The average molecular weight is 506 g/mol. The van der Waals surface area contributed by atoms with Gasteiger partial charge in [-0.05, 0) is 70.2 Å². The zero-order valence-corrected chi connectivity index (χ0v) is 18.6. The van der Waals surface area contributed by atoms with Crippen LogP contribution in [0.25, 0.3) is 0 Å². The zero-order chi connectivity index (χ0) is 21.7. The molecule has 0 atom stereocenters. The number of carbonyl (C=O) groups is 2. The number of nitrogens with one attached hydrogen (secondary N) is 2. The van der Waals surface area contributed by atoms with Crippen molar-refractivity contribution in [2.75, 3.05) is 5.32 Å². The van der Waals surface area contributed by atoms with Crippen LogP contribution in [0, 0.1) is 13.7 Å². The molecule has 0 aliphatic carbocycles. The molecule has 1 rings (SSSR count). The van der Waals surface area contributed by atoms with E-state index in [1.807, 2.05) is 22.6 Å². The third-order valence-electron chi connectivity index (χ3n) is 2.57. The first-order valence-corrected chi connectivity index (χ1v) is 9.26. The van der Waals surface area contributed by atoms with Gasteiger partial charge in [-0.1, -0.05) is 0 Å². The van der Waals surface area contributed by atoms with E-state index in [9.17, 15) is 19.7 Å². The average Bonchev–Trinajstić information content (AvgIpc) is 2.41. The number of hydrogen-bond donors (Lipinski definition) is 2. The molecule has 1 aromatic carbocycles. The molecule has 11 heteroatoms. The van der Waals surface area contributed by atoms with E-state index in [-0.39, 0.29) is 17.3 Å². The van der Waals surface area contributed by atoms with E-state index < -0.39 is 28.3 Å². The summed E-state index contributed by atoms with van der Waals surface area (Å²) >= 11 is 1.91. The number of rotatable bonds is 2. The number of non-ortho nitro benzene ring substituents is 1. The van der Waals surface area contributed by atoms with Crippen LogP contribution in [-0.4, -0.2) is 34.3 Å². The number of nitrogens with zero attached hydrogens (tertiary/aromatic N) is 2. The van der Waals surface area contributed by atoms with Crippen molar-refractivity contribution >= 4 is 52.1 Å². The van der Waals surface area contributed by atoms with E-state index in [2.05, 4.69) is 15.6 Å². The number of aliphatic imine (C=N–C) groups is 1. The van der Waals surface area contributed by atoms with E-state index in [1.165, 1.54) is 12.1 Å². The minimum atomic E-state index is -0.953. The van der Waals surface area contributed by atoms with Crippen LogP contribution in [0.2, 0.25) is 0 Å². The summed E-state index contributed by atoms with van der Waals surface area (Å²) in [6, 6.07) is 4.19. The third-order valence-corrected chi connectivity index (χ3v) is 3.19. The molecule has 2 N–H and O–H groups in total. The second-order valence-corrected chi connectivity index (χ2v) is 8.89. The Morgan fingerprint density at radius 3 is 2.14 bits per heavy atom. The molecule has 2 amide bonds. The molecule has 10 nitrogen and oxygen atoms in total. The van der Waals surface area contributed by atoms with Gasteiger partial charge in [-0.15, -0.1) is 4.99 Å². The molecule has 0 aliphatic rings. The Morgan fingerprint density at radius 1 is 1.07 bits per heavy atom. The summed E-state index contributed by atoms with van der Waals surface area (Å²) in [6.45, 7) is 10.0. The molecule has 0 bridgehead atoms. The highest BCUT2D eigenvalue weighted by Crippen LogP contribution is 2.22. The Morgan fingerprint density at radius 2 is 1.64 bits per heavy atom. The van der Waals surface area contributed by atoms with Gasteiger partial charge in [0.1, 0.15) is 11.2 Å². The smallest absolute Gasteiger partial charge is 0.437 e. The van der Waals surface area contributed by atoms with E-state index in [0.717, 1.165) is 0 Å². The number of halogens is 1. The van der Waals surface area contributed by atoms with Gasteiger partial charge in [-0.3, -0.25) is 15.4 Å². The summed E-state index contributed by atoms with van der Waals surface area (Å²) < 4.78 is 10.8. The number of alkyl carbamates (subject to hydrolysis) is 1. The first-order valence-electron chi connectivity index (χ1n) is 8.18. The Kier molecular flexibility index (Phi) is 7.73. The maximum absolute atomic E-state index is 12.1. The Balaban J connectivity index is 3.15. The molecule has 0 fully saturated rings. The molecule has 0 heterocycles. The van der Waals surface area contributed by atoms with Crippen molar-refractivity contribution in [3.63, 3.8) is 0 Å². The molecule has 28 heavy (non-hydrogen) atoms. The lowest BCUT2D eigenvalue weighted by Gasteiger charge is -2.21. The molecule has 0 unspecified atom stereocenters. The summed E-state index contributed by atoms with van der Waals surface area (Å²) in [7, 11) is 0. The fourth-order valence-corrected chi connectivity index (χ4v) is 2.41. The normalized spacial score (nSPS) is 12.2. The lowest BCUT2D eigenvalue weighted by Crippen LogP contribution is -2.40. The number of guanidine groups is 1. The van der Waals surface area contributed by atoms with Crippen molar-refractivity contribution in [1.29, 1.82) is 0 Å². The minimum absolute atomic E-state index is 0.164. The summed E-state index contributed by atoms with van der Waals surface area (Å²) in [5, 5.41) is 16.0. The van der Waals surface area contributed by atoms with Crippen LogP contribution in [0.4, 0.5) is 21.0 Å². The van der Waals surface area contributed by atoms with Crippen LogP contribution >= 0.6 is 22.6 Å². The van der Waals surface area contributed by atoms with Gasteiger partial charge in [0.05, 0.1) is 4.92 Å². The van der Waals surface area contributed by atoms with E-state index >= 15 is 0 Å². The number of hydrogen-bond acceptors (Lipinski definition) is 6. The number of nitro benzene ring substituents is 1. The number of carbonyl (C=O) groups excluding carboxylic acids is 2. The van der Waals surface area contributed by atoms with E-state index in [0.29, 0.717) is 3.57 Å². The van der Waals surface area contributed by atoms with Crippen LogP contribution in [0.5, 0.6) is 0 Å². The van der Waals surface area contributed by atoms with Crippen molar-refractivity contribution in [2.24, 2.45) is 4.99 Å². The molecule has 0 spiro atoms. The quantitative estimate of drug-likeness (QED) is 0.199. The second kappa shape index (κ2) is 9.17. The summed E-state index contributed by atoms with van der Waals surface area (Å²) in [6.07, 6.45) is -1.81. The van der Waals surface area contributed by atoms with Crippen molar-refractivity contribution < 1.29 is 24.0 Å². The molecule has 0 aliphatic heterocycles. The van der Waals surface area contributed by atoms with E-state index in [1.54, 1.807) is 47.6 Å². The lowest BCUT2D eigenvalue weighted by atomic mass is 10.2. The molecular weight excluding hydrogens is 483 g/mol. The number of nitro groups is 1. The maximum atomic E-state index is 12.1. The van der Waals surface area contributed by atoms with Gasteiger partial charge in [0.25, 0.3) is 5.69 Å². The molecule has 0 aromatic heterocycles. The molecule has 154 valence electrons. The molecular formula is C17H23IN4O6. The number of ether oxygens (including phenoxy) is 2. The van der Waals surface area contributed by atoms with E-state index in [4.69, 9.17) is 9.47 Å². The predicted molar refractivity (Wildman–Crippen MR) is 112 cm³/mol. The summed E-state index contributed by atoms with van der Waals surface area (Å²) in [5.41, 5.74) is -1.49. The van der Waals surface area contributed by atoms with Crippen LogP contribution < -0.4 is 10.6 Å². The van der Waals surface area contributed by atoms with Gasteiger partial charge >= 0.3 is 12.2 Å². The van der Waals surface area contributed by atoms with Gasteiger partial charge in [-0.2, -0.15) is 0 Å². The van der Waals surface area contributed by atoms with Crippen molar-refractivity contribution in [2.45, 2.75) is 52.7 Å². The fourth-order valence-electron chi connectivity index (χ4n) is 1.75. The number of amides is 2. The zero-order valence-electron chi connectivity index (χ0n) is 16.5. The van der Waals surface area contributed by atoms with Crippen molar-refractivity contribution in [1.82, 2.24) is 5.32 Å². The van der Waals surface area contributed by atoms with Gasteiger partial charge < -0.3 is 14.8 Å². The SMILES string of the molecule is CC(C)(C)OC(=O)/N=C(/NC(=O)OC(C)(C)C)Nc1cc(I)cc([N+](=O)[O-])c1. The second-order valence-electron chi connectivity index (χ2n) is 7.65. The molecule has 0 saturated heterocycles. The highest BCUT2D eigenvalue weighted by atomic mass is 127. The van der Waals surface area contributed by atoms with Crippen LogP contribution in [0.3, 0.4) is 0 Å². The molecule has 0 radical (unpaired) electrons. The summed E-state index contributed by atoms with van der Waals surface area (Å²) in [5.74, 6) is -0.292. The number of anilines is 1. The van der Waals surface area contributed by atoms with Gasteiger partial charge in [0, 0.05) is 21.4 Å². The topological polar surface area (TPSA) is 132 Å². The Bertz CT molecular complexity index is 796. The highest BCUT2D eigenvalue weighted by Gasteiger charge is 2.21. The van der Waals surface area contributed by atoms with Gasteiger partial charge in [-0.25, -0.2) is 9.59 Å². The van der Waals surface area contributed by atoms with Crippen molar-refractivity contribution in [3.8, 4) is 0 Å². The number of benzene rings is 1. The minimum Gasteiger partial charge on any atom is -0.444 e. The standard InChI is InChI=1S/C17H23IN4O6/c1-16(2,3)27-14(23)20-13(21-15(24)28-17(4,5)6)19-11-7-10(18)8-12(9-11)22(25)26/h7-9H,1-6H3,(H2,19,20,21,23,24). The first kappa shape index (κ1) is 23.6. The highest BCUT2D eigenvalue weighted by molar-refractivity contribution is 14.1. The summed E-state index contributed by atoms with van der Waals surface area (Å²) in [4.78, 5) is 38.2. The first-order chi connectivity index (χ1) is 12.6. The van der Waals surface area contributed by atoms with Gasteiger partial charge in [0.2, 0.25) is 5.96 Å². The van der Waals surface area contributed by atoms with Crippen molar-refractivity contribution in [3.05, 3.63) is 31.9 Å². The van der Waals surface area contributed by atoms with Crippen LogP contribution in [0.15, 0.2) is 23.2 Å².